The van der Waals surface area contributed by atoms with Gasteiger partial charge in [-0.1, -0.05) is 31.2 Å². The second-order valence-electron chi connectivity index (χ2n) is 9.83. The van der Waals surface area contributed by atoms with Crippen LogP contribution in [0.25, 0.3) is 11.1 Å². The topological polar surface area (TPSA) is 46.2 Å². The van der Waals surface area contributed by atoms with Crippen molar-refractivity contribution in [3.8, 4) is 22.6 Å². The summed E-state index contributed by atoms with van der Waals surface area (Å²) in [5, 5.41) is 0. The third-order valence-corrected chi connectivity index (χ3v) is 6.92. The number of rotatable bonds is 8. The number of hydrogen-bond acceptors (Lipinski definition) is 5. The van der Waals surface area contributed by atoms with Crippen molar-refractivity contribution >= 4 is 0 Å². The largest absolute Gasteiger partial charge is 0.456 e. The molecule has 3 heterocycles. The maximum absolute atomic E-state index is 14.9. The lowest BCUT2D eigenvalue weighted by Gasteiger charge is -2.51. The van der Waals surface area contributed by atoms with Gasteiger partial charge >= 0.3 is 12.1 Å². The van der Waals surface area contributed by atoms with E-state index in [0.29, 0.717) is 55.9 Å². The van der Waals surface area contributed by atoms with Gasteiger partial charge in [0.05, 0.1) is 19.8 Å². The van der Waals surface area contributed by atoms with E-state index in [4.69, 9.17) is 14.2 Å². The highest BCUT2D eigenvalue weighted by Gasteiger charge is 2.53. The third-order valence-electron chi connectivity index (χ3n) is 6.92. The Morgan fingerprint density at radius 3 is 1.88 bits per heavy atom. The molecule has 0 aliphatic carbocycles. The van der Waals surface area contributed by atoms with Gasteiger partial charge in [0, 0.05) is 23.1 Å². The number of allylic oxidation sites excluding steroid dienone is 1. The van der Waals surface area contributed by atoms with Crippen LogP contribution in [0, 0.1) is 28.7 Å². The molecule has 3 aliphatic heterocycles. The van der Waals surface area contributed by atoms with E-state index in [9.17, 15) is 30.7 Å². The molecule has 3 aromatic carbocycles. The van der Waals surface area contributed by atoms with Crippen molar-refractivity contribution < 1.29 is 54.4 Å². The maximum atomic E-state index is 14.9. The minimum Gasteiger partial charge on any atom is -0.456 e. The monoisotopic (exact) mass is 584 g/mol. The molecule has 0 unspecified atom stereocenters. The smallest absolute Gasteiger partial charge is 0.432 e. The number of hydrogen-bond donors (Lipinski definition) is 0. The molecule has 3 aliphatic rings. The molecule has 5 nitrogen and oxygen atoms in total. The van der Waals surface area contributed by atoms with Crippen LogP contribution in [0.2, 0.25) is 0 Å². The summed E-state index contributed by atoms with van der Waals surface area (Å²) in [4.78, 5) is 0. The summed E-state index contributed by atoms with van der Waals surface area (Å²) in [6.45, 7) is 4.27. The molecule has 3 aromatic rings. The number of fused-ring (bicyclic) bond motifs is 3. The normalized spacial score (nSPS) is 22.6. The average Bonchev–Trinajstić information content (AvgIpc) is 2.92. The summed E-state index contributed by atoms with van der Waals surface area (Å²) < 4.78 is 127. The summed E-state index contributed by atoms with van der Waals surface area (Å²) in [7, 11) is 0. The lowest BCUT2D eigenvalue weighted by Crippen LogP contribution is -2.58. The van der Waals surface area contributed by atoms with Crippen LogP contribution in [0.3, 0.4) is 0 Å². The van der Waals surface area contributed by atoms with Gasteiger partial charge < -0.3 is 23.7 Å². The molecule has 0 radical (unpaired) electrons. The van der Waals surface area contributed by atoms with Crippen molar-refractivity contribution in [3.05, 3.63) is 95.0 Å². The van der Waals surface area contributed by atoms with Crippen LogP contribution in [0.5, 0.6) is 11.5 Å². The highest BCUT2D eigenvalue weighted by atomic mass is 19.3. The summed E-state index contributed by atoms with van der Waals surface area (Å²) in [6, 6.07) is 8.08. The van der Waals surface area contributed by atoms with Crippen LogP contribution in [0.1, 0.15) is 31.4 Å². The molecule has 6 rings (SSSR count). The van der Waals surface area contributed by atoms with E-state index in [1.165, 1.54) is 12.1 Å². The first kappa shape index (κ1) is 28.9. The van der Waals surface area contributed by atoms with Crippen LogP contribution in [-0.4, -0.2) is 19.8 Å². The minimum absolute atomic E-state index is 0.0709. The summed E-state index contributed by atoms with van der Waals surface area (Å²) >= 11 is 0. The Bertz CT molecular complexity index is 1410. The van der Waals surface area contributed by atoms with E-state index in [0.717, 1.165) is 13.3 Å². The quantitative estimate of drug-likeness (QED) is 0.200. The van der Waals surface area contributed by atoms with E-state index in [-0.39, 0.29) is 16.5 Å². The second kappa shape index (κ2) is 10.7. The van der Waals surface area contributed by atoms with Gasteiger partial charge in [-0.05, 0) is 36.6 Å². The van der Waals surface area contributed by atoms with Crippen molar-refractivity contribution in [2.75, 3.05) is 19.8 Å². The molecule has 3 saturated heterocycles. The van der Waals surface area contributed by atoms with Crippen molar-refractivity contribution in [2.24, 2.45) is 5.41 Å². The molecule has 0 saturated carbocycles. The molecule has 3 fully saturated rings. The SMILES string of the molecule is CCC12COC(c3ccc(-c4cc(F)c(C(F)(F)Oc5cc(F)c(O/C=C(\C)F)c(F)c5)c(F)c4)cc3)(OC1)OC2. The fraction of sp³-hybridized carbons (Fsp3) is 0.310. The van der Waals surface area contributed by atoms with Crippen molar-refractivity contribution in [3.63, 3.8) is 0 Å². The van der Waals surface area contributed by atoms with Crippen LogP contribution >= 0.6 is 0 Å². The van der Waals surface area contributed by atoms with E-state index in [1.54, 1.807) is 12.1 Å². The van der Waals surface area contributed by atoms with E-state index < -0.39 is 58.2 Å². The van der Waals surface area contributed by atoms with E-state index in [2.05, 4.69) is 9.47 Å². The van der Waals surface area contributed by atoms with Gasteiger partial charge in [0.1, 0.15) is 35.0 Å². The van der Waals surface area contributed by atoms with Crippen molar-refractivity contribution in [2.45, 2.75) is 32.4 Å². The fourth-order valence-corrected chi connectivity index (χ4v) is 4.48. The number of ether oxygens (including phenoxy) is 5. The Labute approximate surface area is 230 Å². The first-order valence-corrected chi connectivity index (χ1v) is 12.4. The van der Waals surface area contributed by atoms with Crippen LogP contribution in [0.15, 0.2) is 60.6 Å². The van der Waals surface area contributed by atoms with Crippen LogP contribution < -0.4 is 9.47 Å². The van der Waals surface area contributed by atoms with Gasteiger partial charge in [0.2, 0.25) is 0 Å². The Morgan fingerprint density at radius 2 is 1.39 bits per heavy atom. The van der Waals surface area contributed by atoms with Crippen molar-refractivity contribution in [1.82, 2.24) is 0 Å². The Kier molecular flexibility index (Phi) is 7.51. The van der Waals surface area contributed by atoms with Gasteiger partial charge in [-0.3, -0.25) is 0 Å². The van der Waals surface area contributed by atoms with Gasteiger partial charge in [-0.25, -0.2) is 22.0 Å². The predicted molar refractivity (Wildman–Crippen MR) is 130 cm³/mol. The predicted octanol–water partition coefficient (Wildman–Crippen LogP) is 7.83. The zero-order valence-electron chi connectivity index (χ0n) is 21.7. The van der Waals surface area contributed by atoms with Crippen LogP contribution in [-0.2, 0) is 26.3 Å². The first-order chi connectivity index (χ1) is 19.4. The minimum atomic E-state index is -4.67. The molecular weight excluding hydrogens is 561 g/mol. The molecule has 12 heteroatoms. The molecule has 0 atom stereocenters. The van der Waals surface area contributed by atoms with Gasteiger partial charge in [-0.2, -0.15) is 8.78 Å². The van der Waals surface area contributed by atoms with Gasteiger partial charge in [0.15, 0.2) is 17.4 Å². The Hall–Kier alpha value is -3.61. The zero-order valence-corrected chi connectivity index (χ0v) is 21.7. The van der Waals surface area contributed by atoms with Gasteiger partial charge in [0.25, 0.3) is 0 Å². The highest BCUT2D eigenvalue weighted by Crippen LogP contribution is 2.46. The molecule has 0 N–H and O–H groups in total. The lowest BCUT2D eigenvalue weighted by molar-refractivity contribution is -0.480. The average molecular weight is 584 g/mol. The highest BCUT2D eigenvalue weighted by molar-refractivity contribution is 5.64. The standard InChI is InChI=1S/C29H23F7O5/c1-3-27-13-38-29(39-14-27,40-15-27)19-6-4-17(5-7-19)18-8-21(31)25(22(32)9-18)28(35,36)41-20-10-23(33)26(24(34)11-20)37-12-16(2)30/h4-12H,3,13-15H2,1-2H3/b16-12+. The molecule has 41 heavy (non-hydrogen) atoms. The molecule has 2 bridgehead atoms. The Morgan fingerprint density at radius 1 is 0.854 bits per heavy atom. The number of alkyl halides is 2. The molecule has 0 aromatic heterocycles. The summed E-state index contributed by atoms with van der Waals surface area (Å²) in [5.41, 5.74) is -1.26. The zero-order chi connectivity index (χ0) is 29.6. The second-order valence-corrected chi connectivity index (χ2v) is 9.83. The molecule has 218 valence electrons. The Balaban J connectivity index is 1.36. The lowest BCUT2D eigenvalue weighted by atomic mass is 9.85. The number of benzene rings is 3. The van der Waals surface area contributed by atoms with Gasteiger partial charge in [-0.15, -0.1) is 0 Å². The maximum Gasteiger partial charge on any atom is 0.432 e. The van der Waals surface area contributed by atoms with E-state index in [1.807, 2.05) is 6.92 Å². The number of halogens is 7. The molecule has 0 amide bonds. The molecular formula is C29H23F7O5. The third kappa shape index (κ3) is 5.51. The van der Waals surface area contributed by atoms with E-state index >= 15 is 0 Å². The molecule has 0 spiro atoms. The van der Waals surface area contributed by atoms with Crippen LogP contribution in [0.4, 0.5) is 30.7 Å². The summed E-state index contributed by atoms with van der Waals surface area (Å²) in [5.74, 6) is -10.9. The van der Waals surface area contributed by atoms with Crippen molar-refractivity contribution in [1.29, 1.82) is 0 Å². The first-order valence-electron chi connectivity index (χ1n) is 12.4. The fourth-order valence-electron chi connectivity index (χ4n) is 4.48. The summed E-state index contributed by atoms with van der Waals surface area (Å²) in [6.07, 6.45) is -3.46.